The van der Waals surface area contributed by atoms with Gasteiger partial charge in [-0.3, -0.25) is 4.79 Å². The molecule has 3 N–H and O–H groups in total. The van der Waals surface area contributed by atoms with Crippen LogP contribution in [0, 0.1) is 0 Å². The molecule has 88 valence electrons. The Balaban J connectivity index is 2.75. The largest absolute Gasteiger partial charge is 0.409 e. The number of benzene rings is 1. The van der Waals surface area contributed by atoms with E-state index in [2.05, 4.69) is 5.32 Å². The summed E-state index contributed by atoms with van der Waals surface area (Å²) in [6, 6.07) is 5.90. The van der Waals surface area contributed by atoms with Crippen molar-refractivity contribution in [2.24, 2.45) is 5.73 Å². The molecule has 0 radical (unpaired) electrons. The van der Waals surface area contributed by atoms with Gasteiger partial charge in [-0.2, -0.15) is 13.2 Å². The molecule has 3 nitrogen and oxygen atoms in total. The molecule has 0 aliphatic carbocycles. The van der Waals surface area contributed by atoms with Gasteiger partial charge >= 0.3 is 6.18 Å². The minimum Gasteiger partial charge on any atom is -0.374 e. The van der Waals surface area contributed by atoms with Gasteiger partial charge in [0.25, 0.3) is 0 Å². The van der Waals surface area contributed by atoms with E-state index in [1.165, 1.54) is 12.1 Å². The average Bonchev–Trinajstić information content (AvgIpc) is 2.16. The fraction of sp³-hybridized carbons (Fsp3) is 0.300. The standard InChI is InChI=1S/C10H11F3N2O/c11-10(12,13)8(6-9(14)16)15-7-4-2-1-3-5-7/h1-5,8,15H,6H2,(H2,14,16). The Hall–Kier alpha value is -1.72. The number of rotatable bonds is 4. The molecule has 0 saturated carbocycles. The summed E-state index contributed by atoms with van der Waals surface area (Å²) in [5.41, 5.74) is 5.06. The third-order valence-corrected chi connectivity index (χ3v) is 1.92. The molecule has 0 aromatic heterocycles. The van der Waals surface area contributed by atoms with Crippen LogP contribution in [0.25, 0.3) is 0 Å². The summed E-state index contributed by atoms with van der Waals surface area (Å²) in [6.07, 6.45) is -5.29. The van der Waals surface area contributed by atoms with E-state index in [9.17, 15) is 18.0 Å². The van der Waals surface area contributed by atoms with Crippen molar-refractivity contribution in [2.45, 2.75) is 18.6 Å². The lowest BCUT2D eigenvalue weighted by atomic mass is 10.1. The Labute approximate surface area is 90.4 Å². The molecule has 1 amide bonds. The fourth-order valence-corrected chi connectivity index (χ4v) is 1.19. The molecule has 1 aromatic rings. The SMILES string of the molecule is NC(=O)CC(Nc1ccccc1)C(F)(F)F. The van der Waals surface area contributed by atoms with Crippen molar-refractivity contribution in [1.29, 1.82) is 0 Å². The summed E-state index contributed by atoms with van der Waals surface area (Å²) in [5, 5.41) is 2.22. The lowest BCUT2D eigenvalue weighted by Crippen LogP contribution is -2.39. The number of alkyl halides is 3. The Bertz CT molecular complexity index is 351. The molecule has 0 bridgehead atoms. The van der Waals surface area contributed by atoms with Gasteiger partial charge in [-0.05, 0) is 12.1 Å². The van der Waals surface area contributed by atoms with Crippen LogP contribution < -0.4 is 11.1 Å². The van der Waals surface area contributed by atoms with Gasteiger partial charge in [0.2, 0.25) is 5.91 Å². The molecule has 1 atom stereocenters. The minimum atomic E-state index is -4.51. The first kappa shape index (κ1) is 12.4. The van der Waals surface area contributed by atoms with Crippen LogP contribution in [-0.2, 0) is 4.79 Å². The third-order valence-electron chi connectivity index (χ3n) is 1.92. The van der Waals surface area contributed by atoms with Gasteiger partial charge < -0.3 is 11.1 Å². The Morgan fingerprint density at radius 2 is 1.88 bits per heavy atom. The minimum absolute atomic E-state index is 0.297. The molecule has 6 heteroatoms. The van der Waals surface area contributed by atoms with Gasteiger partial charge in [-0.25, -0.2) is 0 Å². The number of nitrogens with two attached hydrogens (primary N) is 1. The number of halogens is 3. The lowest BCUT2D eigenvalue weighted by Gasteiger charge is -2.21. The highest BCUT2D eigenvalue weighted by Gasteiger charge is 2.40. The molecule has 1 aromatic carbocycles. The molecule has 0 aliphatic rings. The second kappa shape index (κ2) is 4.87. The summed E-state index contributed by atoms with van der Waals surface area (Å²) in [5.74, 6) is -0.995. The monoisotopic (exact) mass is 232 g/mol. The van der Waals surface area contributed by atoms with Gasteiger partial charge in [-0.15, -0.1) is 0 Å². The van der Waals surface area contributed by atoms with E-state index in [4.69, 9.17) is 5.73 Å². The fourth-order valence-electron chi connectivity index (χ4n) is 1.19. The highest BCUT2D eigenvalue weighted by molar-refractivity contribution is 5.75. The predicted octanol–water partition coefficient (Wildman–Crippen LogP) is 1.90. The van der Waals surface area contributed by atoms with Crippen molar-refractivity contribution in [1.82, 2.24) is 0 Å². The molecular formula is C10H11F3N2O. The molecule has 0 fully saturated rings. The summed E-state index contributed by atoms with van der Waals surface area (Å²) in [7, 11) is 0. The summed E-state index contributed by atoms with van der Waals surface area (Å²) >= 11 is 0. The number of primary amides is 1. The lowest BCUT2D eigenvalue weighted by molar-refractivity contribution is -0.149. The van der Waals surface area contributed by atoms with Crippen molar-refractivity contribution < 1.29 is 18.0 Å². The number of nitrogens with one attached hydrogen (secondary N) is 1. The van der Waals surface area contributed by atoms with Crippen LogP contribution in [0.2, 0.25) is 0 Å². The van der Waals surface area contributed by atoms with Crippen LogP contribution in [0.5, 0.6) is 0 Å². The van der Waals surface area contributed by atoms with Crippen LogP contribution in [0.15, 0.2) is 30.3 Å². The normalized spacial score (nSPS) is 13.2. The van der Waals surface area contributed by atoms with Crippen LogP contribution in [0.4, 0.5) is 18.9 Å². The summed E-state index contributed by atoms with van der Waals surface area (Å²) in [6.45, 7) is 0. The van der Waals surface area contributed by atoms with E-state index in [1.54, 1.807) is 18.2 Å². The maximum Gasteiger partial charge on any atom is 0.409 e. The second-order valence-corrected chi connectivity index (χ2v) is 3.27. The number of carbonyl (C=O) groups is 1. The van der Waals surface area contributed by atoms with Crippen molar-refractivity contribution in [3.63, 3.8) is 0 Å². The quantitative estimate of drug-likeness (QED) is 0.833. The average molecular weight is 232 g/mol. The zero-order valence-electron chi connectivity index (χ0n) is 8.29. The van der Waals surface area contributed by atoms with Gasteiger partial charge in [0.1, 0.15) is 6.04 Å². The highest BCUT2D eigenvalue weighted by Crippen LogP contribution is 2.25. The number of hydrogen-bond donors (Lipinski definition) is 2. The van der Waals surface area contributed by atoms with E-state index >= 15 is 0 Å². The van der Waals surface area contributed by atoms with Gasteiger partial charge in [0.05, 0.1) is 6.42 Å². The van der Waals surface area contributed by atoms with Crippen molar-refractivity contribution in [3.8, 4) is 0 Å². The van der Waals surface area contributed by atoms with E-state index < -0.39 is 24.5 Å². The van der Waals surface area contributed by atoms with Crippen LogP contribution in [-0.4, -0.2) is 18.1 Å². The number of hydrogen-bond acceptors (Lipinski definition) is 2. The molecule has 0 heterocycles. The Morgan fingerprint density at radius 1 is 1.31 bits per heavy atom. The van der Waals surface area contributed by atoms with E-state index in [1.807, 2.05) is 0 Å². The summed E-state index contributed by atoms with van der Waals surface area (Å²) in [4.78, 5) is 10.5. The molecule has 16 heavy (non-hydrogen) atoms. The van der Waals surface area contributed by atoms with E-state index in [-0.39, 0.29) is 0 Å². The Morgan fingerprint density at radius 3 is 2.31 bits per heavy atom. The highest BCUT2D eigenvalue weighted by atomic mass is 19.4. The van der Waals surface area contributed by atoms with Crippen molar-refractivity contribution >= 4 is 11.6 Å². The van der Waals surface area contributed by atoms with Crippen molar-refractivity contribution in [2.75, 3.05) is 5.32 Å². The zero-order valence-corrected chi connectivity index (χ0v) is 8.29. The molecular weight excluding hydrogens is 221 g/mol. The smallest absolute Gasteiger partial charge is 0.374 e. The van der Waals surface area contributed by atoms with Gasteiger partial charge in [0, 0.05) is 5.69 Å². The maximum atomic E-state index is 12.5. The predicted molar refractivity (Wildman–Crippen MR) is 53.7 cm³/mol. The first-order valence-electron chi connectivity index (χ1n) is 4.56. The molecule has 0 spiro atoms. The van der Waals surface area contributed by atoms with Crippen LogP contribution in [0.1, 0.15) is 6.42 Å². The molecule has 1 rings (SSSR count). The first-order valence-corrected chi connectivity index (χ1v) is 4.56. The van der Waals surface area contributed by atoms with Crippen molar-refractivity contribution in [3.05, 3.63) is 30.3 Å². The number of para-hydroxylation sites is 1. The number of carbonyl (C=O) groups excluding carboxylic acids is 1. The zero-order chi connectivity index (χ0) is 12.2. The molecule has 0 aliphatic heterocycles. The number of amides is 1. The van der Waals surface area contributed by atoms with E-state index in [0.29, 0.717) is 5.69 Å². The van der Waals surface area contributed by atoms with E-state index in [0.717, 1.165) is 0 Å². The molecule has 1 unspecified atom stereocenters. The number of anilines is 1. The topological polar surface area (TPSA) is 55.1 Å². The third kappa shape index (κ3) is 3.80. The second-order valence-electron chi connectivity index (χ2n) is 3.27. The Kier molecular flexibility index (Phi) is 3.76. The molecule has 0 saturated heterocycles. The van der Waals surface area contributed by atoms with Crippen LogP contribution >= 0.6 is 0 Å². The van der Waals surface area contributed by atoms with Gasteiger partial charge in [-0.1, -0.05) is 18.2 Å². The van der Waals surface area contributed by atoms with Gasteiger partial charge in [0.15, 0.2) is 0 Å². The summed E-state index contributed by atoms with van der Waals surface area (Å²) < 4.78 is 37.5. The maximum absolute atomic E-state index is 12.5. The van der Waals surface area contributed by atoms with Crippen LogP contribution in [0.3, 0.4) is 0 Å². The first-order chi connectivity index (χ1) is 7.39.